The number of benzene rings is 2. The van der Waals surface area contributed by atoms with Crippen LogP contribution in [0.15, 0.2) is 58.1 Å². The van der Waals surface area contributed by atoms with Gasteiger partial charge in [0.15, 0.2) is 0 Å². The molecule has 0 fully saturated rings. The molecule has 1 aromatic heterocycles. The van der Waals surface area contributed by atoms with Crippen LogP contribution in [-0.4, -0.2) is 26.3 Å². The van der Waals surface area contributed by atoms with Crippen LogP contribution >= 0.6 is 0 Å². The number of nitrogens with one attached hydrogen (secondary N) is 1. The SMILES string of the molecule is CCC(C)NC(=O)c1nn(-c2ccc(F)cc2)c(=O)n(Cc2cccc(C)c2)c1=O. The van der Waals surface area contributed by atoms with E-state index in [1.165, 1.54) is 24.3 Å². The lowest BCUT2D eigenvalue weighted by atomic mass is 10.1. The van der Waals surface area contributed by atoms with Gasteiger partial charge in [-0.3, -0.25) is 14.2 Å². The molecule has 156 valence electrons. The first-order valence-electron chi connectivity index (χ1n) is 9.66. The van der Waals surface area contributed by atoms with Gasteiger partial charge in [0.2, 0.25) is 5.69 Å². The van der Waals surface area contributed by atoms with Gasteiger partial charge in [-0.05, 0) is 50.1 Å². The first kappa shape index (κ1) is 21.2. The molecular formula is C22H23FN4O3. The molecule has 8 heteroatoms. The third kappa shape index (κ3) is 4.53. The Kier molecular flexibility index (Phi) is 6.25. The largest absolute Gasteiger partial charge is 0.352 e. The lowest BCUT2D eigenvalue weighted by Gasteiger charge is -2.14. The summed E-state index contributed by atoms with van der Waals surface area (Å²) in [7, 11) is 0. The van der Waals surface area contributed by atoms with Gasteiger partial charge in [0.05, 0.1) is 12.2 Å². The van der Waals surface area contributed by atoms with Gasteiger partial charge in [0, 0.05) is 6.04 Å². The van der Waals surface area contributed by atoms with Gasteiger partial charge in [-0.2, -0.15) is 9.78 Å². The number of carbonyl (C=O) groups excluding carboxylic acids is 1. The molecule has 0 aliphatic carbocycles. The van der Waals surface area contributed by atoms with Crippen LogP contribution in [-0.2, 0) is 6.54 Å². The summed E-state index contributed by atoms with van der Waals surface area (Å²) in [6.45, 7) is 5.58. The zero-order chi connectivity index (χ0) is 21.8. The van der Waals surface area contributed by atoms with Crippen LogP contribution in [0.3, 0.4) is 0 Å². The van der Waals surface area contributed by atoms with Gasteiger partial charge in [0.1, 0.15) is 5.82 Å². The second-order valence-corrected chi connectivity index (χ2v) is 7.18. The van der Waals surface area contributed by atoms with E-state index in [0.29, 0.717) is 6.42 Å². The Morgan fingerprint density at radius 1 is 1.17 bits per heavy atom. The molecule has 0 spiro atoms. The molecule has 0 saturated heterocycles. The summed E-state index contributed by atoms with van der Waals surface area (Å²) < 4.78 is 15.2. The zero-order valence-electron chi connectivity index (χ0n) is 17.1. The van der Waals surface area contributed by atoms with Crippen LogP contribution in [0.25, 0.3) is 5.69 Å². The summed E-state index contributed by atoms with van der Waals surface area (Å²) >= 11 is 0. The fourth-order valence-corrected chi connectivity index (χ4v) is 2.93. The van der Waals surface area contributed by atoms with Crippen molar-refractivity contribution in [1.29, 1.82) is 0 Å². The van der Waals surface area contributed by atoms with Gasteiger partial charge in [-0.15, -0.1) is 0 Å². The Bertz CT molecular complexity index is 1180. The number of nitrogens with zero attached hydrogens (tertiary/aromatic N) is 3. The van der Waals surface area contributed by atoms with Crippen molar-refractivity contribution >= 4 is 5.91 Å². The molecular weight excluding hydrogens is 387 g/mol. The molecule has 1 atom stereocenters. The Morgan fingerprint density at radius 3 is 2.50 bits per heavy atom. The highest BCUT2D eigenvalue weighted by atomic mass is 19.1. The van der Waals surface area contributed by atoms with Crippen LogP contribution in [0.4, 0.5) is 4.39 Å². The summed E-state index contributed by atoms with van der Waals surface area (Å²) in [5, 5.41) is 6.72. The zero-order valence-corrected chi connectivity index (χ0v) is 17.1. The number of hydrogen-bond donors (Lipinski definition) is 1. The molecule has 3 aromatic rings. The number of aromatic nitrogens is 3. The predicted molar refractivity (Wildman–Crippen MR) is 112 cm³/mol. The van der Waals surface area contributed by atoms with Crippen molar-refractivity contribution in [3.05, 3.63) is 92.0 Å². The highest BCUT2D eigenvalue weighted by molar-refractivity contribution is 5.91. The molecule has 2 aromatic carbocycles. The quantitative estimate of drug-likeness (QED) is 0.676. The van der Waals surface area contributed by atoms with E-state index in [1.807, 2.05) is 32.0 Å². The van der Waals surface area contributed by atoms with Gasteiger partial charge >= 0.3 is 5.69 Å². The summed E-state index contributed by atoms with van der Waals surface area (Å²) in [5.74, 6) is -1.14. The van der Waals surface area contributed by atoms with Crippen molar-refractivity contribution in [2.45, 2.75) is 39.8 Å². The number of rotatable bonds is 6. The van der Waals surface area contributed by atoms with E-state index in [9.17, 15) is 18.8 Å². The second kappa shape index (κ2) is 8.86. The summed E-state index contributed by atoms with van der Waals surface area (Å²) in [4.78, 5) is 38.7. The van der Waals surface area contributed by atoms with E-state index in [1.54, 1.807) is 13.0 Å². The van der Waals surface area contributed by atoms with Crippen LogP contribution in [0.1, 0.15) is 41.9 Å². The number of hydrogen-bond acceptors (Lipinski definition) is 4. The van der Waals surface area contributed by atoms with E-state index >= 15 is 0 Å². The standard InChI is InChI=1S/C22H23FN4O3/c1-4-15(3)24-20(28)19-21(29)26(13-16-7-5-6-14(2)12-16)22(30)27(25-19)18-10-8-17(23)9-11-18/h5-12,15H,4,13H2,1-3H3,(H,24,28). The highest BCUT2D eigenvalue weighted by Crippen LogP contribution is 2.07. The van der Waals surface area contributed by atoms with Crippen molar-refractivity contribution in [3.8, 4) is 5.69 Å². The van der Waals surface area contributed by atoms with Crippen molar-refractivity contribution in [2.24, 2.45) is 0 Å². The van der Waals surface area contributed by atoms with Crippen molar-refractivity contribution in [1.82, 2.24) is 19.7 Å². The average Bonchev–Trinajstić information content (AvgIpc) is 2.72. The minimum atomic E-state index is -0.777. The minimum absolute atomic E-state index is 0.0212. The first-order chi connectivity index (χ1) is 14.3. The smallest absolute Gasteiger partial charge is 0.348 e. The number of amides is 1. The second-order valence-electron chi connectivity index (χ2n) is 7.18. The van der Waals surface area contributed by atoms with Gasteiger partial charge < -0.3 is 5.32 Å². The maximum Gasteiger partial charge on any atom is 0.352 e. The number of aryl methyl sites for hydroxylation is 1. The maximum atomic E-state index is 13.3. The van der Waals surface area contributed by atoms with Crippen LogP contribution in [0, 0.1) is 12.7 Å². The van der Waals surface area contributed by atoms with Crippen LogP contribution in [0.5, 0.6) is 0 Å². The molecule has 1 heterocycles. The average molecular weight is 410 g/mol. The lowest BCUT2D eigenvalue weighted by molar-refractivity contribution is 0.0929. The van der Waals surface area contributed by atoms with Gasteiger partial charge in [0.25, 0.3) is 11.5 Å². The van der Waals surface area contributed by atoms with Crippen LogP contribution in [0.2, 0.25) is 0 Å². The Morgan fingerprint density at radius 2 is 1.87 bits per heavy atom. The fourth-order valence-electron chi connectivity index (χ4n) is 2.93. The fraction of sp³-hybridized carbons (Fsp3) is 0.273. The monoisotopic (exact) mass is 410 g/mol. The third-order valence-electron chi connectivity index (χ3n) is 4.76. The predicted octanol–water partition coefficient (Wildman–Crippen LogP) is 2.42. The molecule has 30 heavy (non-hydrogen) atoms. The molecule has 0 bridgehead atoms. The van der Waals surface area contributed by atoms with Crippen molar-refractivity contribution < 1.29 is 9.18 Å². The topological polar surface area (TPSA) is 86.0 Å². The lowest BCUT2D eigenvalue weighted by Crippen LogP contribution is -2.47. The Labute approximate surface area is 172 Å². The van der Waals surface area contributed by atoms with Gasteiger partial charge in [-0.1, -0.05) is 36.8 Å². The third-order valence-corrected chi connectivity index (χ3v) is 4.76. The molecule has 0 aliphatic heterocycles. The number of halogens is 1. The molecule has 0 radical (unpaired) electrons. The summed E-state index contributed by atoms with van der Waals surface area (Å²) in [6.07, 6.45) is 0.667. The van der Waals surface area contributed by atoms with E-state index < -0.39 is 28.7 Å². The molecule has 3 rings (SSSR count). The van der Waals surface area contributed by atoms with Crippen molar-refractivity contribution in [3.63, 3.8) is 0 Å². The van der Waals surface area contributed by atoms with E-state index in [-0.39, 0.29) is 18.3 Å². The molecule has 0 aliphatic rings. The molecule has 1 N–H and O–H groups in total. The normalized spacial score (nSPS) is 11.9. The first-order valence-corrected chi connectivity index (χ1v) is 9.66. The number of carbonyl (C=O) groups is 1. The van der Waals surface area contributed by atoms with E-state index in [2.05, 4.69) is 10.4 Å². The van der Waals surface area contributed by atoms with Crippen molar-refractivity contribution in [2.75, 3.05) is 0 Å². The summed E-state index contributed by atoms with van der Waals surface area (Å²) in [5.41, 5.74) is 0.0697. The highest BCUT2D eigenvalue weighted by Gasteiger charge is 2.21. The van der Waals surface area contributed by atoms with E-state index in [0.717, 1.165) is 20.4 Å². The van der Waals surface area contributed by atoms with E-state index in [4.69, 9.17) is 0 Å². The maximum absolute atomic E-state index is 13.3. The molecule has 1 amide bonds. The van der Waals surface area contributed by atoms with Crippen LogP contribution < -0.4 is 16.6 Å². The van der Waals surface area contributed by atoms with Gasteiger partial charge in [-0.25, -0.2) is 9.18 Å². The summed E-state index contributed by atoms with van der Waals surface area (Å²) in [6, 6.07) is 12.3. The molecule has 0 saturated carbocycles. The Hall–Kier alpha value is -3.55. The molecule has 1 unspecified atom stereocenters. The molecule has 7 nitrogen and oxygen atoms in total. The Balaban J connectivity index is 2.18. The minimum Gasteiger partial charge on any atom is -0.348 e.